The van der Waals surface area contributed by atoms with Crippen LogP contribution in [0.1, 0.15) is 30.9 Å². The SMILES string of the molecule is C[Si](C)(C)OCCCn1cncc1C1CC1. The van der Waals surface area contributed by atoms with Gasteiger partial charge in [-0.2, -0.15) is 0 Å². The number of nitrogens with zero attached hydrogens (tertiary/aromatic N) is 2. The Morgan fingerprint density at radius 2 is 2.19 bits per heavy atom. The van der Waals surface area contributed by atoms with E-state index in [-0.39, 0.29) is 0 Å². The normalized spacial score (nSPS) is 16.7. The van der Waals surface area contributed by atoms with Crippen LogP contribution >= 0.6 is 0 Å². The molecule has 0 atom stereocenters. The summed E-state index contributed by atoms with van der Waals surface area (Å²) in [6.45, 7) is 8.65. The van der Waals surface area contributed by atoms with E-state index in [1.54, 1.807) is 0 Å². The van der Waals surface area contributed by atoms with Crippen molar-refractivity contribution in [3.63, 3.8) is 0 Å². The average molecular weight is 238 g/mol. The Morgan fingerprint density at radius 3 is 2.81 bits per heavy atom. The molecule has 1 saturated carbocycles. The lowest BCUT2D eigenvalue weighted by Crippen LogP contribution is -2.26. The highest BCUT2D eigenvalue weighted by Crippen LogP contribution is 2.39. The first kappa shape index (κ1) is 11.9. The molecule has 90 valence electrons. The van der Waals surface area contributed by atoms with E-state index in [1.165, 1.54) is 18.5 Å². The van der Waals surface area contributed by atoms with Crippen molar-refractivity contribution in [2.45, 2.75) is 51.4 Å². The van der Waals surface area contributed by atoms with Gasteiger partial charge >= 0.3 is 0 Å². The first-order chi connectivity index (χ1) is 7.56. The lowest BCUT2D eigenvalue weighted by atomic mass is 10.3. The maximum atomic E-state index is 5.85. The van der Waals surface area contributed by atoms with Gasteiger partial charge in [-0.05, 0) is 38.9 Å². The smallest absolute Gasteiger partial charge is 0.183 e. The lowest BCUT2D eigenvalue weighted by molar-refractivity contribution is 0.295. The maximum absolute atomic E-state index is 5.85. The van der Waals surface area contributed by atoms with Gasteiger partial charge in [-0.15, -0.1) is 0 Å². The summed E-state index contributed by atoms with van der Waals surface area (Å²) in [4.78, 5) is 4.24. The second kappa shape index (κ2) is 4.71. The van der Waals surface area contributed by atoms with Crippen molar-refractivity contribution in [2.75, 3.05) is 6.61 Å². The van der Waals surface area contributed by atoms with Gasteiger partial charge in [0, 0.05) is 31.0 Å². The summed E-state index contributed by atoms with van der Waals surface area (Å²) >= 11 is 0. The zero-order valence-electron chi connectivity index (χ0n) is 10.6. The Hall–Kier alpha value is -0.613. The molecule has 1 fully saturated rings. The highest BCUT2D eigenvalue weighted by molar-refractivity contribution is 6.69. The predicted octanol–water partition coefficient (Wildman–Crippen LogP) is 3.00. The van der Waals surface area contributed by atoms with Crippen LogP contribution in [0.25, 0.3) is 0 Å². The van der Waals surface area contributed by atoms with Gasteiger partial charge in [0.05, 0.1) is 6.33 Å². The molecule has 1 aliphatic rings. The van der Waals surface area contributed by atoms with Crippen molar-refractivity contribution in [1.29, 1.82) is 0 Å². The minimum Gasteiger partial charge on any atom is -0.418 e. The monoisotopic (exact) mass is 238 g/mol. The lowest BCUT2D eigenvalue weighted by Gasteiger charge is -2.17. The standard InChI is InChI=1S/C12H22N2OSi/c1-16(2,3)15-8-4-7-14-10-13-9-12(14)11-5-6-11/h9-11H,4-8H2,1-3H3. The Labute approximate surface area is 99.0 Å². The van der Waals surface area contributed by atoms with E-state index in [1.807, 2.05) is 12.5 Å². The molecule has 3 nitrogen and oxygen atoms in total. The third kappa shape index (κ3) is 3.45. The van der Waals surface area contributed by atoms with Gasteiger partial charge in [-0.25, -0.2) is 4.98 Å². The first-order valence-corrected chi connectivity index (χ1v) is 9.61. The van der Waals surface area contributed by atoms with Crippen molar-refractivity contribution in [2.24, 2.45) is 0 Å². The van der Waals surface area contributed by atoms with Crippen LogP contribution < -0.4 is 0 Å². The summed E-state index contributed by atoms with van der Waals surface area (Å²) in [6, 6.07) is 0. The van der Waals surface area contributed by atoms with Crippen LogP contribution in [0, 0.1) is 0 Å². The zero-order valence-corrected chi connectivity index (χ0v) is 11.6. The summed E-state index contributed by atoms with van der Waals surface area (Å²) in [6.07, 6.45) is 7.77. The van der Waals surface area contributed by atoms with E-state index >= 15 is 0 Å². The molecular formula is C12H22N2OSi. The molecule has 0 saturated heterocycles. The minimum atomic E-state index is -1.33. The fourth-order valence-corrected chi connectivity index (χ4v) is 2.61. The summed E-state index contributed by atoms with van der Waals surface area (Å²) in [5.41, 5.74) is 1.42. The van der Waals surface area contributed by atoms with E-state index in [9.17, 15) is 0 Å². The fourth-order valence-electron chi connectivity index (χ4n) is 1.85. The van der Waals surface area contributed by atoms with E-state index in [0.717, 1.165) is 25.5 Å². The number of hydrogen-bond donors (Lipinski definition) is 0. The summed E-state index contributed by atoms with van der Waals surface area (Å²) < 4.78 is 8.15. The summed E-state index contributed by atoms with van der Waals surface area (Å²) in [5.74, 6) is 0.792. The number of aryl methyl sites for hydroxylation is 1. The third-order valence-corrected chi connectivity index (χ3v) is 3.89. The highest BCUT2D eigenvalue weighted by Gasteiger charge is 2.26. The topological polar surface area (TPSA) is 27.1 Å². The minimum absolute atomic E-state index is 0.792. The van der Waals surface area contributed by atoms with Crippen LogP contribution in [-0.4, -0.2) is 24.5 Å². The molecule has 4 heteroatoms. The van der Waals surface area contributed by atoms with Gasteiger partial charge in [-0.3, -0.25) is 0 Å². The van der Waals surface area contributed by atoms with Gasteiger partial charge < -0.3 is 8.99 Å². The van der Waals surface area contributed by atoms with Crippen LogP contribution in [0.2, 0.25) is 19.6 Å². The van der Waals surface area contributed by atoms with Crippen molar-refractivity contribution >= 4 is 8.32 Å². The van der Waals surface area contributed by atoms with Crippen molar-refractivity contribution in [3.05, 3.63) is 18.2 Å². The molecular weight excluding hydrogens is 216 g/mol. The molecule has 0 amide bonds. The molecule has 0 unspecified atom stereocenters. The molecule has 0 radical (unpaired) electrons. The zero-order chi connectivity index (χ0) is 11.6. The number of rotatable bonds is 6. The van der Waals surface area contributed by atoms with E-state index in [4.69, 9.17) is 4.43 Å². The maximum Gasteiger partial charge on any atom is 0.183 e. The largest absolute Gasteiger partial charge is 0.418 e. The third-order valence-electron chi connectivity index (χ3n) is 2.82. The van der Waals surface area contributed by atoms with Crippen molar-refractivity contribution in [1.82, 2.24) is 9.55 Å². The van der Waals surface area contributed by atoms with Crippen molar-refractivity contribution < 1.29 is 4.43 Å². The van der Waals surface area contributed by atoms with E-state index in [2.05, 4.69) is 29.2 Å². The van der Waals surface area contributed by atoms with Crippen LogP contribution in [-0.2, 0) is 11.0 Å². The molecule has 0 N–H and O–H groups in total. The molecule has 0 spiro atoms. The molecule has 0 bridgehead atoms. The Bertz CT molecular complexity index is 339. The molecule has 1 aromatic rings. The van der Waals surface area contributed by atoms with Crippen LogP contribution in [0.4, 0.5) is 0 Å². The van der Waals surface area contributed by atoms with Gasteiger partial charge in [-0.1, -0.05) is 0 Å². The summed E-state index contributed by atoms with van der Waals surface area (Å²) in [5, 5.41) is 0. The van der Waals surface area contributed by atoms with Gasteiger partial charge in [0.15, 0.2) is 8.32 Å². The Balaban J connectivity index is 1.74. The van der Waals surface area contributed by atoms with Gasteiger partial charge in [0.1, 0.15) is 0 Å². The molecule has 2 rings (SSSR count). The summed E-state index contributed by atoms with van der Waals surface area (Å²) in [7, 11) is -1.33. The number of imidazole rings is 1. The van der Waals surface area contributed by atoms with E-state index < -0.39 is 8.32 Å². The molecule has 1 aromatic heterocycles. The Kier molecular flexibility index (Phi) is 3.49. The van der Waals surface area contributed by atoms with Crippen LogP contribution in [0.5, 0.6) is 0 Å². The molecule has 16 heavy (non-hydrogen) atoms. The Morgan fingerprint density at radius 1 is 1.44 bits per heavy atom. The first-order valence-electron chi connectivity index (χ1n) is 6.20. The molecule has 0 aliphatic heterocycles. The average Bonchev–Trinajstić information content (AvgIpc) is 2.92. The second-order valence-electron chi connectivity index (χ2n) is 5.60. The van der Waals surface area contributed by atoms with E-state index in [0.29, 0.717) is 0 Å². The number of hydrogen-bond acceptors (Lipinski definition) is 2. The highest BCUT2D eigenvalue weighted by atomic mass is 28.4. The second-order valence-corrected chi connectivity index (χ2v) is 10.1. The molecule has 1 heterocycles. The molecule has 0 aromatic carbocycles. The molecule has 1 aliphatic carbocycles. The fraction of sp³-hybridized carbons (Fsp3) is 0.750. The van der Waals surface area contributed by atoms with Crippen LogP contribution in [0.15, 0.2) is 12.5 Å². The van der Waals surface area contributed by atoms with Crippen molar-refractivity contribution in [3.8, 4) is 0 Å². The number of aromatic nitrogens is 2. The van der Waals surface area contributed by atoms with Gasteiger partial charge in [0.25, 0.3) is 0 Å². The quantitative estimate of drug-likeness (QED) is 0.563. The van der Waals surface area contributed by atoms with Gasteiger partial charge in [0.2, 0.25) is 0 Å². The predicted molar refractivity (Wildman–Crippen MR) is 68.1 cm³/mol. The van der Waals surface area contributed by atoms with Crippen LogP contribution in [0.3, 0.4) is 0 Å².